The monoisotopic (exact) mass is 260 g/mol. The molecule has 1 N–H and O–H groups in total. The maximum atomic E-state index is 5.50. The zero-order valence-electron chi connectivity index (χ0n) is 12.4. The number of aromatic nitrogens is 1. The summed E-state index contributed by atoms with van der Waals surface area (Å²) < 4.78 is 5.50. The van der Waals surface area contributed by atoms with Gasteiger partial charge in [-0.3, -0.25) is 0 Å². The Kier molecular flexibility index (Phi) is 4.46. The molecule has 2 aromatic rings. The fraction of sp³-hybridized carbons (Fsp3) is 0.562. The lowest BCUT2D eigenvalue weighted by molar-refractivity contribution is 0.462. The van der Waals surface area contributed by atoms with Gasteiger partial charge in [-0.2, -0.15) is 0 Å². The molecule has 1 aromatic heterocycles. The van der Waals surface area contributed by atoms with Gasteiger partial charge >= 0.3 is 0 Å². The molecule has 0 radical (unpaired) electrons. The molecule has 0 aliphatic heterocycles. The smallest absolute Gasteiger partial charge is 0.192 e. The van der Waals surface area contributed by atoms with Crippen molar-refractivity contribution in [3.05, 3.63) is 24.1 Å². The fourth-order valence-corrected chi connectivity index (χ4v) is 2.35. The Bertz CT molecular complexity index is 533. The first-order chi connectivity index (χ1) is 9.12. The van der Waals surface area contributed by atoms with Crippen LogP contribution in [0, 0.1) is 12.8 Å². The summed E-state index contributed by atoms with van der Waals surface area (Å²) in [6, 6.07) is 6.67. The van der Waals surface area contributed by atoms with E-state index < -0.39 is 0 Å². The number of rotatable bonds is 6. The molecule has 104 valence electrons. The average Bonchev–Trinajstić information content (AvgIpc) is 2.77. The van der Waals surface area contributed by atoms with Crippen molar-refractivity contribution < 1.29 is 4.42 Å². The van der Waals surface area contributed by atoms with Crippen LogP contribution >= 0.6 is 0 Å². The van der Waals surface area contributed by atoms with Gasteiger partial charge in [-0.25, -0.2) is 4.98 Å². The molecule has 1 aromatic carbocycles. The predicted molar refractivity (Wildman–Crippen MR) is 80.5 cm³/mol. The van der Waals surface area contributed by atoms with Crippen molar-refractivity contribution in [1.82, 2.24) is 4.98 Å². The molecule has 0 aliphatic carbocycles. The van der Waals surface area contributed by atoms with Crippen LogP contribution in [-0.4, -0.2) is 11.0 Å². The third kappa shape index (κ3) is 3.49. The number of hydrogen-bond donors (Lipinski definition) is 1. The van der Waals surface area contributed by atoms with Gasteiger partial charge in [-0.1, -0.05) is 27.2 Å². The number of oxazole rings is 1. The molecule has 0 bridgehead atoms. The van der Waals surface area contributed by atoms with Crippen LogP contribution in [0.4, 0.5) is 5.69 Å². The van der Waals surface area contributed by atoms with E-state index in [2.05, 4.69) is 43.2 Å². The van der Waals surface area contributed by atoms with E-state index in [0.29, 0.717) is 6.04 Å². The van der Waals surface area contributed by atoms with E-state index in [-0.39, 0.29) is 0 Å². The van der Waals surface area contributed by atoms with E-state index in [0.717, 1.165) is 35.0 Å². The van der Waals surface area contributed by atoms with Gasteiger partial charge in [-0.15, -0.1) is 0 Å². The Morgan fingerprint density at radius 1 is 1.26 bits per heavy atom. The van der Waals surface area contributed by atoms with Gasteiger partial charge < -0.3 is 9.73 Å². The highest BCUT2D eigenvalue weighted by molar-refractivity contribution is 5.77. The number of aryl methyl sites for hydroxylation is 1. The summed E-state index contributed by atoms with van der Waals surface area (Å²) in [5.74, 6) is 1.48. The maximum absolute atomic E-state index is 5.50. The third-order valence-corrected chi connectivity index (χ3v) is 3.74. The van der Waals surface area contributed by atoms with Gasteiger partial charge in [0.2, 0.25) is 0 Å². The fourth-order valence-electron chi connectivity index (χ4n) is 2.35. The van der Waals surface area contributed by atoms with Crippen LogP contribution in [0.5, 0.6) is 0 Å². The number of anilines is 1. The predicted octanol–water partition coefficient (Wildman–Crippen LogP) is 4.76. The lowest BCUT2D eigenvalue weighted by Gasteiger charge is -2.21. The summed E-state index contributed by atoms with van der Waals surface area (Å²) in [5.41, 5.74) is 2.93. The van der Waals surface area contributed by atoms with Gasteiger partial charge in [0, 0.05) is 18.7 Å². The summed E-state index contributed by atoms with van der Waals surface area (Å²) in [7, 11) is 0. The molecule has 0 amide bonds. The topological polar surface area (TPSA) is 38.1 Å². The average molecular weight is 260 g/mol. The SMILES string of the molecule is CCC(C)CC(CC)Nc1ccc2oc(C)nc2c1. The Labute approximate surface area is 115 Å². The van der Waals surface area contributed by atoms with E-state index in [1.807, 2.05) is 13.0 Å². The minimum absolute atomic E-state index is 0.528. The molecular weight excluding hydrogens is 236 g/mol. The number of hydrogen-bond acceptors (Lipinski definition) is 3. The Balaban J connectivity index is 2.10. The molecule has 0 saturated heterocycles. The van der Waals surface area contributed by atoms with E-state index in [4.69, 9.17) is 4.42 Å². The first kappa shape index (κ1) is 13.9. The lowest BCUT2D eigenvalue weighted by Crippen LogP contribution is -2.21. The molecule has 2 rings (SSSR count). The first-order valence-corrected chi connectivity index (χ1v) is 7.26. The quantitative estimate of drug-likeness (QED) is 0.813. The van der Waals surface area contributed by atoms with Crippen molar-refractivity contribution in [3.8, 4) is 0 Å². The summed E-state index contributed by atoms with van der Waals surface area (Å²) in [5, 5.41) is 3.61. The molecule has 2 unspecified atom stereocenters. The van der Waals surface area contributed by atoms with Crippen LogP contribution in [0.1, 0.15) is 45.9 Å². The highest BCUT2D eigenvalue weighted by atomic mass is 16.3. The zero-order chi connectivity index (χ0) is 13.8. The van der Waals surface area contributed by atoms with Crippen molar-refractivity contribution in [2.75, 3.05) is 5.32 Å². The van der Waals surface area contributed by atoms with Gasteiger partial charge in [0.1, 0.15) is 5.52 Å². The Morgan fingerprint density at radius 3 is 2.74 bits per heavy atom. The molecule has 2 atom stereocenters. The number of nitrogens with zero attached hydrogens (tertiary/aromatic N) is 1. The minimum atomic E-state index is 0.528. The highest BCUT2D eigenvalue weighted by Gasteiger charge is 2.11. The van der Waals surface area contributed by atoms with Crippen molar-refractivity contribution in [3.63, 3.8) is 0 Å². The first-order valence-electron chi connectivity index (χ1n) is 7.26. The van der Waals surface area contributed by atoms with Crippen molar-refractivity contribution in [2.45, 2.75) is 53.0 Å². The maximum Gasteiger partial charge on any atom is 0.192 e. The molecule has 0 fully saturated rings. The molecular formula is C16H24N2O. The van der Waals surface area contributed by atoms with E-state index in [1.165, 1.54) is 12.8 Å². The summed E-state index contributed by atoms with van der Waals surface area (Å²) in [6.45, 7) is 8.68. The normalized spacial score (nSPS) is 14.5. The standard InChI is InChI=1S/C16H24N2O/c1-5-11(3)9-13(6-2)18-14-7-8-16-15(10-14)17-12(4)19-16/h7-8,10-11,13,18H,5-6,9H2,1-4H3. The largest absolute Gasteiger partial charge is 0.441 e. The van der Waals surface area contributed by atoms with Gasteiger partial charge in [0.15, 0.2) is 11.5 Å². The molecule has 0 aliphatic rings. The van der Waals surface area contributed by atoms with E-state index >= 15 is 0 Å². The van der Waals surface area contributed by atoms with Crippen LogP contribution < -0.4 is 5.32 Å². The zero-order valence-corrected chi connectivity index (χ0v) is 12.4. The highest BCUT2D eigenvalue weighted by Crippen LogP contribution is 2.22. The molecule has 19 heavy (non-hydrogen) atoms. The molecule has 3 nitrogen and oxygen atoms in total. The third-order valence-electron chi connectivity index (χ3n) is 3.74. The second-order valence-corrected chi connectivity index (χ2v) is 5.41. The Hall–Kier alpha value is -1.51. The number of nitrogens with one attached hydrogen (secondary N) is 1. The van der Waals surface area contributed by atoms with Crippen LogP contribution in [0.3, 0.4) is 0 Å². The van der Waals surface area contributed by atoms with Crippen molar-refractivity contribution >= 4 is 16.8 Å². The minimum Gasteiger partial charge on any atom is -0.441 e. The van der Waals surface area contributed by atoms with Crippen molar-refractivity contribution in [1.29, 1.82) is 0 Å². The number of benzene rings is 1. The van der Waals surface area contributed by atoms with Gasteiger partial charge in [0.05, 0.1) is 0 Å². The second kappa shape index (κ2) is 6.09. The van der Waals surface area contributed by atoms with Crippen LogP contribution in [0.25, 0.3) is 11.1 Å². The van der Waals surface area contributed by atoms with Crippen molar-refractivity contribution in [2.24, 2.45) is 5.92 Å². The van der Waals surface area contributed by atoms with Gasteiger partial charge in [0.25, 0.3) is 0 Å². The van der Waals surface area contributed by atoms with Crippen LogP contribution in [0.15, 0.2) is 22.6 Å². The summed E-state index contributed by atoms with van der Waals surface area (Å²) >= 11 is 0. The second-order valence-electron chi connectivity index (χ2n) is 5.41. The van der Waals surface area contributed by atoms with Crippen LogP contribution in [-0.2, 0) is 0 Å². The van der Waals surface area contributed by atoms with E-state index in [9.17, 15) is 0 Å². The van der Waals surface area contributed by atoms with E-state index in [1.54, 1.807) is 0 Å². The summed E-state index contributed by atoms with van der Waals surface area (Å²) in [4.78, 5) is 4.38. The molecule has 1 heterocycles. The Morgan fingerprint density at radius 2 is 2.05 bits per heavy atom. The summed E-state index contributed by atoms with van der Waals surface area (Å²) in [6.07, 6.45) is 3.59. The molecule has 3 heteroatoms. The van der Waals surface area contributed by atoms with Gasteiger partial charge in [-0.05, 0) is 37.0 Å². The van der Waals surface area contributed by atoms with Crippen LogP contribution in [0.2, 0.25) is 0 Å². The lowest BCUT2D eigenvalue weighted by atomic mass is 9.97. The molecule has 0 saturated carbocycles. The molecule has 0 spiro atoms. The number of fused-ring (bicyclic) bond motifs is 1.